The summed E-state index contributed by atoms with van der Waals surface area (Å²) in [7, 11) is 3.88. The van der Waals surface area contributed by atoms with Gasteiger partial charge in [0.25, 0.3) is 5.56 Å². The summed E-state index contributed by atoms with van der Waals surface area (Å²) in [6.45, 7) is 2.92. The van der Waals surface area contributed by atoms with Crippen LogP contribution in [-0.4, -0.2) is 42.6 Å². The molecular weight excluding hydrogens is 380 g/mol. The molecule has 1 aromatic heterocycles. The molecule has 3 unspecified atom stereocenters. The molecule has 30 heavy (non-hydrogen) atoms. The lowest BCUT2D eigenvalue weighted by Crippen LogP contribution is -2.42. The van der Waals surface area contributed by atoms with Gasteiger partial charge in [0, 0.05) is 38.3 Å². The molecule has 0 spiro atoms. The summed E-state index contributed by atoms with van der Waals surface area (Å²) in [6, 6.07) is 9.92. The van der Waals surface area contributed by atoms with Crippen molar-refractivity contribution in [2.24, 2.45) is 5.92 Å². The summed E-state index contributed by atoms with van der Waals surface area (Å²) in [5.41, 5.74) is 1.77. The lowest BCUT2D eigenvalue weighted by atomic mass is 9.79. The largest absolute Gasteiger partial charge is 0.378 e. The molecule has 0 aliphatic carbocycles. The molecule has 0 saturated carbocycles. The van der Waals surface area contributed by atoms with E-state index in [4.69, 9.17) is 0 Å². The minimum Gasteiger partial charge on any atom is -0.378 e. The van der Waals surface area contributed by atoms with Crippen LogP contribution < -0.4 is 20.7 Å². The minimum absolute atomic E-state index is 0.254. The number of anilines is 3. The van der Waals surface area contributed by atoms with Gasteiger partial charge >= 0.3 is 0 Å². The van der Waals surface area contributed by atoms with E-state index in [1.165, 1.54) is 0 Å². The normalized spacial score (nSPS) is 23.3. The van der Waals surface area contributed by atoms with Crippen LogP contribution in [0.2, 0.25) is 0 Å². The number of nitrogens with zero attached hydrogens (tertiary/aromatic N) is 4. The predicted molar refractivity (Wildman–Crippen MR) is 116 cm³/mol. The van der Waals surface area contributed by atoms with E-state index in [9.17, 15) is 14.9 Å². The summed E-state index contributed by atoms with van der Waals surface area (Å²) in [6.07, 6.45) is 3.22. The van der Waals surface area contributed by atoms with Crippen molar-refractivity contribution in [1.82, 2.24) is 9.97 Å². The van der Waals surface area contributed by atoms with Crippen molar-refractivity contribution in [3.63, 3.8) is 0 Å². The van der Waals surface area contributed by atoms with Crippen molar-refractivity contribution in [3.05, 3.63) is 45.7 Å². The van der Waals surface area contributed by atoms with Crippen molar-refractivity contribution in [2.75, 3.05) is 35.8 Å². The van der Waals surface area contributed by atoms with E-state index < -0.39 is 17.7 Å². The van der Waals surface area contributed by atoms with E-state index in [1.807, 2.05) is 43.3 Å². The molecule has 8 nitrogen and oxygen atoms in total. The van der Waals surface area contributed by atoms with Crippen LogP contribution in [0.1, 0.15) is 43.2 Å². The molecule has 3 heterocycles. The van der Waals surface area contributed by atoms with Gasteiger partial charge in [0.1, 0.15) is 11.7 Å². The third-order valence-corrected chi connectivity index (χ3v) is 6.09. The van der Waals surface area contributed by atoms with Gasteiger partial charge in [-0.05, 0) is 43.9 Å². The van der Waals surface area contributed by atoms with Crippen LogP contribution >= 0.6 is 0 Å². The number of aromatic amines is 1. The van der Waals surface area contributed by atoms with Crippen LogP contribution in [0.4, 0.5) is 17.5 Å². The maximum absolute atomic E-state index is 13.2. The Morgan fingerprint density at radius 2 is 1.93 bits per heavy atom. The molecule has 2 aliphatic heterocycles. The number of nitriles is 1. The third kappa shape index (κ3) is 3.41. The first-order valence-electron chi connectivity index (χ1n) is 10.3. The van der Waals surface area contributed by atoms with Crippen LogP contribution in [0.15, 0.2) is 29.1 Å². The zero-order valence-electron chi connectivity index (χ0n) is 17.5. The second kappa shape index (κ2) is 7.82. The van der Waals surface area contributed by atoms with Crippen molar-refractivity contribution in [1.29, 1.82) is 5.26 Å². The van der Waals surface area contributed by atoms with Gasteiger partial charge in [-0.25, -0.2) is 0 Å². The summed E-state index contributed by atoms with van der Waals surface area (Å²) >= 11 is 0. The predicted octanol–water partition coefficient (Wildman–Crippen LogP) is 2.44. The molecule has 1 amide bonds. The number of carbonyl (C=O) groups excluding carboxylic acids is 1. The van der Waals surface area contributed by atoms with Crippen LogP contribution in [0.5, 0.6) is 0 Å². The zero-order valence-corrected chi connectivity index (χ0v) is 17.5. The summed E-state index contributed by atoms with van der Waals surface area (Å²) in [5.74, 6) is -1.36. The lowest BCUT2D eigenvalue weighted by molar-refractivity contribution is -0.119. The van der Waals surface area contributed by atoms with Crippen molar-refractivity contribution < 1.29 is 4.79 Å². The first kappa shape index (κ1) is 20.0. The lowest BCUT2D eigenvalue weighted by Gasteiger charge is -2.35. The second-order valence-electron chi connectivity index (χ2n) is 8.25. The quantitative estimate of drug-likeness (QED) is 0.811. The summed E-state index contributed by atoms with van der Waals surface area (Å²) < 4.78 is 0. The average molecular weight is 406 g/mol. The minimum atomic E-state index is -0.995. The Labute approximate surface area is 175 Å². The fraction of sp³-hybridized carbons (Fsp3) is 0.455. The molecule has 0 bridgehead atoms. The van der Waals surface area contributed by atoms with Crippen molar-refractivity contribution in [2.45, 2.75) is 38.1 Å². The molecule has 2 N–H and O–H groups in total. The van der Waals surface area contributed by atoms with E-state index in [0.717, 1.165) is 37.1 Å². The molecule has 8 heteroatoms. The number of rotatable bonds is 3. The maximum atomic E-state index is 13.2. The Morgan fingerprint density at radius 3 is 2.57 bits per heavy atom. The van der Waals surface area contributed by atoms with Crippen LogP contribution in [0.25, 0.3) is 0 Å². The number of nitrogens with one attached hydrogen (secondary N) is 2. The standard InChI is InChI=1S/C22H26N6O2/c1-13-6-4-5-11-28(13)22-25-19-18(21(30)26-22)17(16(12-23)20(29)24-19)14-7-9-15(10-8-14)27(2)3/h7-10,13,16-17H,4-6,11H2,1-3H3,(H2,24,25,26,29,30). The molecule has 0 radical (unpaired) electrons. The Kier molecular flexibility index (Phi) is 5.20. The highest BCUT2D eigenvalue weighted by molar-refractivity contribution is 5.98. The maximum Gasteiger partial charge on any atom is 0.258 e. The zero-order chi connectivity index (χ0) is 21.4. The highest BCUT2D eigenvalue weighted by atomic mass is 16.2. The Balaban J connectivity index is 1.81. The second-order valence-corrected chi connectivity index (χ2v) is 8.25. The Morgan fingerprint density at radius 1 is 1.20 bits per heavy atom. The van der Waals surface area contributed by atoms with E-state index in [2.05, 4.69) is 33.2 Å². The Hall–Kier alpha value is -3.34. The fourth-order valence-electron chi connectivity index (χ4n) is 4.39. The average Bonchev–Trinajstić information content (AvgIpc) is 2.73. The fourth-order valence-corrected chi connectivity index (χ4v) is 4.39. The van der Waals surface area contributed by atoms with Crippen LogP contribution in [0, 0.1) is 17.2 Å². The van der Waals surface area contributed by atoms with Gasteiger partial charge in [-0.1, -0.05) is 12.1 Å². The van der Waals surface area contributed by atoms with Gasteiger partial charge in [-0.3, -0.25) is 14.6 Å². The van der Waals surface area contributed by atoms with Crippen molar-refractivity contribution in [3.8, 4) is 6.07 Å². The summed E-state index contributed by atoms with van der Waals surface area (Å²) in [4.78, 5) is 37.4. The summed E-state index contributed by atoms with van der Waals surface area (Å²) in [5, 5.41) is 12.4. The Bertz CT molecular complexity index is 1050. The highest BCUT2D eigenvalue weighted by Crippen LogP contribution is 2.38. The van der Waals surface area contributed by atoms with Gasteiger partial charge in [0.15, 0.2) is 0 Å². The molecule has 4 rings (SSSR count). The monoisotopic (exact) mass is 406 g/mol. The van der Waals surface area contributed by atoms with E-state index in [-0.39, 0.29) is 17.4 Å². The smallest absolute Gasteiger partial charge is 0.258 e. The molecule has 2 aromatic rings. The number of carbonyl (C=O) groups is 1. The number of aromatic nitrogens is 2. The number of benzene rings is 1. The molecule has 1 aromatic carbocycles. The van der Waals surface area contributed by atoms with Crippen LogP contribution in [-0.2, 0) is 4.79 Å². The SMILES string of the molecule is CC1CCCCN1c1nc2c(c(=O)[nH]1)C(c1ccc(N(C)C)cc1)C(C#N)C(=O)N2. The molecular formula is C22H26N6O2. The highest BCUT2D eigenvalue weighted by Gasteiger charge is 2.40. The number of H-pyrrole nitrogens is 1. The van der Waals surface area contributed by atoms with Gasteiger partial charge in [-0.15, -0.1) is 0 Å². The number of hydrogen-bond acceptors (Lipinski definition) is 6. The van der Waals surface area contributed by atoms with Gasteiger partial charge in [0.05, 0.1) is 11.6 Å². The third-order valence-electron chi connectivity index (χ3n) is 6.09. The number of amides is 1. The van der Waals surface area contributed by atoms with E-state index >= 15 is 0 Å². The van der Waals surface area contributed by atoms with Gasteiger partial charge in [-0.2, -0.15) is 10.2 Å². The topological polar surface area (TPSA) is 105 Å². The van der Waals surface area contributed by atoms with E-state index in [0.29, 0.717) is 11.5 Å². The van der Waals surface area contributed by atoms with E-state index in [1.54, 1.807) is 0 Å². The van der Waals surface area contributed by atoms with Crippen molar-refractivity contribution >= 4 is 23.4 Å². The van der Waals surface area contributed by atoms with Gasteiger partial charge < -0.3 is 15.1 Å². The number of fused-ring (bicyclic) bond motifs is 1. The first-order chi connectivity index (χ1) is 14.4. The first-order valence-corrected chi connectivity index (χ1v) is 10.3. The number of hydrogen-bond donors (Lipinski definition) is 2. The molecule has 1 fully saturated rings. The molecule has 2 aliphatic rings. The van der Waals surface area contributed by atoms with Gasteiger partial charge in [0.2, 0.25) is 11.9 Å². The van der Waals surface area contributed by atoms with Crippen LogP contribution in [0.3, 0.4) is 0 Å². The molecule has 1 saturated heterocycles. The molecule has 3 atom stereocenters. The molecule has 156 valence electrons. The number of piperidine rings is 1.